The van der Waals surface area contributed by atoms with Gasteiger partial charge in [-0.2, -0.15) is 5.10 Å². The molecule has 7 rings (SSSR count). The van der Waals surface area contributed by atoms with Crippen molar-refractivity contribution in [1.82, 2.24) is 19.7 Å². The quantitative estimate of drug-likeness (QED) is 0.581. The molecule has 0 amide bonds. The lowest BCUT2D eigenvalue weighted by Gasteiger charge is -2.44. The number of aromatic nitrogens is 3. The van der Waals surface area contributed by atoms with Gasteiger partial charge in [-0.3, -0.25) is 4.90 Å². The average Bonchev–Trinajstić information content (AvgIpc) is 3.39. The molecular weight excluding hydrogens is 461 g/mol. The van der Waals surface area contributed by atoms with E-state index >= 15 is 0 Å². The molecular formula is C27H30FN5O3. The number of rotatable bonds is 5. The third kappa shape index (κ3) is 3.51. The van der Waals surface area contributed by atoms with Crippen molar-refractivity contribution in [3.63, 3.8) is 0 Å². The average molecular weight is 492 g/mol. The second-order valence-electron chi connectivity index (χ2n) is 10.7. The molecule has 9 heteroatoms. The third-order valence-corrected chi connectivity index (χ3v) is 8.73. The second-order valence-corrected chi connectivity index (χ2v) is 10.7. The minimum absolute atomic E-state index is 0.0164. The molecule has 2 aromatic heterocycles. The van der Waals surface area contributed by atoms with Crippen molar-refractivity contribution in [3.05, 3.63) is 47.5 Å². The molecule has 36 heavy (non-hydrogen) atoms. The van der Waals surface area contributed by atoms with E-state index in [0.717, 1.165) is 75.3 Å². The number of pyridine rings is 1. The van der Waals surface area contributed by atoms with E-state index < -0.39 is 5.97 Å². The van der Waals surface area contributed by atoms with Crippen LogP contribution in [0.1, 0.15) is 54.2 Å². The zero-order valence-corrected chi connectivity index (χ0v) is 20.1. The van der Waals surface area contributed by atoms with Gasteiger partial charge in [-0.25, -0.2) is 18.9 Å². The Morgan fingerprint density at radius 1 is 1.08 bits per heavy atom. The topological polar surface area (TPSA) is 83.7 Å². The number of halogens is 1. The highest BCUT2D eigenvalue weighted by Crippen LogP contribution is 2.44. The monoisotopic (exact) mass is 491 g/mol. The first kappa shape index (κ1) is 22.2. The maximum atomic E-state index is 13.7. The van der Waals surface area contributed by atoms with Crippen molar-refractivity contribution in [1.29, 1.82) is 0 Å². The van der Waals surface area contributed by atoms with Gasteiger partial charge in [0.05, 0.1) is 41.7 Å². The van der Waals surface area contributed by atoms with Crippen LogP contribution in [-0.2, 0) is 4.74 Å². The number of nitrogens with zero attached hydrogens (tertiary/aromatic N) is 5. The molecule has 0 bridgehead atoms. The minimum atomic E-state index is -1.05. The Balaban J connectivity index is 1.33. The fourth-order valence-electron chi connectivity index (χ4n) is 6.52. The highest BCUT2D eigenvalue weighted by molar-refractivity contribution is 5.98. The number of carbonyl (C=O) groups is 1. The summed E-state index contributed by atoms with van der Waals surface area (Å²) in [5.41, 5.74) is 3.15. The van der Waals surface area contributed by atoms with Gasteiger partial charge in [0.25, 0.3) is 0 Å². The number of piperidine rings is 1. The number of carboxylic acids is 1. The van der Waals surface area contributed by atoms with Crippen LogP contribution in [-0.4, -0.2) is 75.7 Å². The van der Waals surface area contributed by atoms with Crippen LogP contribution in [0.3, 0.4) is 0 Å². The fourth-order valence-corrected chi connectivity index (χ4v) is 6.52. The molecule has 3 aromatic rings. The highest BCUT2D eigenvalue weighted by atomic mass is 19.1. The van der Waals surface area contributed by atoms with E-state index in [-0.39, 0.29) is 11.5 Å². The molecule has 0 spiro atoms. The van der Waals surface area contributed by atoms with Gasteiger partial charge in [-0.15, -0.1) is 0 Å². The minimum Gasteiger partial charge on any atom is -0.477 e. The summed E-state index contributed by atoms with van der Waals surface area (Å²) in [5, 5.41) is 15.9. The lowest BCUT2D eigenvalue weighted by atomic mass is 9.81. The number of anilines is 1. The molecule has 0 radical (unpaired) electrons. The lowest BCUT2D eigenvalue weighted by Crippen LogP contribution is -2.54. The van der Waals surface area contributed by atoms with E-state index in [9.17, 15) is 14.3 Å². The number of likely N-dealkylation sites (tertiary alicyclic amines) is 1. The van der Waals surface area contributed by atoms with E-state index in [1.54, 1.807) is 22.9 Å². The van der Waals surface area contributed by atoms with Gasteiger partial charge in [0, 0.05) is 25.0 Å². The van der Waals surface area contributed by atoms with Crippen molar-refractivity contribution in [2.45, 2.75) is 50.1 Å². The normalized spacial score (nSPS) is 25.1. The summed E-state index contributed by atoms with van der Waals surface area (Å²) in [6.45, 7) is 4.56. The first-order valence-electron chi connectivity index (χ1n) is 13.1. The van der Waals surface area contributed by atoms with Gasteiger partial charge in [0.1, 0.15) is 5.82 Å². The Morgan fingerprint density at radius 3 is 2.56 bits per heavy atom. The number of hydrogen-bond donors (Lipinski definition) is 1. The maximum Gasteiger partial charge on any atom is 0.354 e. The summed E-state index contributed by atoms with van der Waals surface area (Å²) in [5.74, 6) is -0.489. The third-order valence-electron chi connectivity index (χ3n) is 8.73. The maximum absolute atomic E-state index is 13.7. The largest absolute Gasteiger partial charge is 0.477 e. The Labute approximate surface area is 208 Å². The van der Waals surface area contributed by atoms with E-state index in [1.807, 2.05) is 0 Å². The van der Waals surface area contributed by atoms with Crippen LogP contribution in [0.15, 0.2) is 30.3 Å². The molecule has 2 atom stereocenters. The second kappa shape index (κ2) is 8.52. The Bertz CT molecular complexity index is 1320. The van der Waals surface area contributed by atoms with Crippen molar-refractivity contribution in [2.24, 2.45) is 5.92 Å². The van der Waals surface area contributed by atoms with Gasteiger partial charge >= 0.3 is 5.97 Å². The number of benzene rings is 1. The zero-order valence-electron chi connectivity index (χ0n) is 20.1. The van der Waals surface area contributed by atoms with E-state index in [4.69, 9.17) is 9.84 Å². The smallest absolute Gasteiger partial charge is 0.354 e. The highest BCUT2D eigenvalue weighted by Gasteiger charge is 2.43. The van der Waals surface area contributed by atoms with Crippen LogP contribution < -0.4 is 4.90 Å². The molecule has 2 unspecified atom stereocenters. The Hall–Kier alpha value is -3.04. The van der Waals surface area contributed by atoms with Crippen LogP contribution in [0.2, 0.25) is 0 Å². The number of fused-ring (bicyclic) bond motifs is 2. The van der Waals surface area contributed by atoms with Crippen LogP contribution in [0.25, 0.3) is 16.7 Å². The van der Waals surface area contributed by atoms with Gasteiger partial charge in [0.2, 0.25) is 0 Å². The molecule has 1 N–H and O–H groups in total. The van der Waals surface area contributed by atoms with Crippen molar-refractivity contribution in [2.75, 3.05) is 37.7 Å². The standard InChI is InChI=1S/C27H30FN5O3/c28-18-4-6-19(7-5-18)33-26-24(25(30-33)16-2-1-3-16)23(12-21(29-26)27(34)35)31-10-9-22-17(13-31)8-11-32(22)20-14-36-15-20/h4-7,12,16-17,20,22H,1-3,8-11,13-15H2,(H,34,35). The molecule has 188 valence electrons. The Kier molecular flexibility index (Phi) is 5.25. The van der Waals surface area contributed by atoms with Crippen LogP contribution >= 0.6 is 0 Å². The van der Waals surface area contributed by atoms with E-state index in [1.165, 1.54) is 18.6 Å². The number of ether oxygens (including phenoxy) is 1. The summed E-state index contributed by atoms with van der Waals surface area (Å²) >= 11 is 0. The molecule has 1 saturated carbocycles. The van der Waals surface area contributed by atoms with Crippen LogP contribution in [0.5, 0.6) is 0 Å². The van der Waals surface area contributed by atoms with Crippen molar-refractivity contribution in [3.8, 4) is 5.69 Å². The van der Waals surface area contributed by atoms with Crippen molar-refractivity contribution < 1.29 is 19.0 Å². The van der Waals surface area contributed by atoms with Gasteiger partial charge in [-0.1, -0.05) is 6.42 Å². The van der Waals surface area contributed by atoms with Crippen molar-refractivity contribution >= 4 is 22.7 Å². The molecule has 1 aliphatic carbocycles. The lowest BCUT2D eigenvalue weighted by molar-refractivity contribution is -0.0732. The number of carboxylic acid groups (broad SMARTS) is 1. The molecule has 4 aliphatic rings. The first-order valence-corrected chi connectivity index (χ1v) is 13.1. The predicted octanol–water partition coefficient (Wildman–Crippen LogP) is 3.82. The summed E-state index contributed by atoms with van der Waals surface area (Å²) in [6.07, 6.45) is 5.51. The molecule has 8 nitrogen and oxygen atoms in total. The molecule has 5 heterocycles. The van der Waals surface area contributed by atoms with Crippen LogP contribution in [0, 0.1) is 11.7 Å². The van der Waals surface area contributed by atoms with Gasteiger partial charge < -0.3 is 14.7 Å². The van der Waals surface area contributed by atoms with E-state index in [0.29, 0.717) is 35.3 Å². The molecule has 3 saturated heterocycles. The molecule has 1 aromatic carbocycles. The molecule has 4 fully saturated rings. The predicted molar refractivity (Wildman–Crippen MR) is 132 cm³/mol. The Morgan fingerprint density at radius 2 is 1.89 bits per heavy atom. The summed E-state index contributed by atoms with van der Waals surface area (Å²) in [6, 6.07) is 9.01. The number of hydrogen-bond acceptors (Lipinski definition) is 6. The first-order chi connectivity index (χ1) is 17.6. The summed E-state index contributed by atoms with van der Waals surface area (Å²) in [4.78, 5) is 21.7. The van der Waals surface area contributed by atoms with Crippen LogP contribution in [0.4, 0.5) is 10.1 Å². The van der Waals surface area contributed by atoms with Gasteiger partial charge in [-0.05, 0) is 68.5 Å². The SMILES string of the molecule is O=C(O)c1cc(N2CCC3C(CCN3C3COC3)C2)c2c(C3CCC3)nn(-c3ccc(F)cc3)c2n1. The zero-order chi connectivity index (χ0) is 24.4. The summed E-state index contributed by atoms with van der Waals surface area (Å²) in [7, 11) is 0. The number of aromatic carboxylic acids is 1. The van der Waals surface area contributed by atoms with Gasteiger partial charge in [0.15, 0.2) is 11.3 Å². The molecule has 3 aliphatic heterocycles. The fraction of sp³-hybridized carbons (Fsp3) is 0.519. The summed E-state index contributed by atoms with van der Waals surface area (Å²) < 4.78 is 20.8. The van der Waals surface area contributed by atoms with E-state index in [2.05, 4.69) is 14.8 Å².